The fourth-order valence-electron chi connectivity index (χ4n) is 2.42. The van der Waals surface area contributed by atoms with Crippen LogP contribution in [0.15, 0.2) is 0 Å². The predicted molar refractivity (Wildman–Crippen MR) is 76.1 cm³/mol. The molecule has 0 aromatic carbocycles. The maximum Gasteiger partial charge on any atom is 0.215 e. The summed E-state index contributed by atoms with van der Waals surface area (Å²) in [6, 6.07) is -0.0122. The number of hydrogen-bond acceptors (Lipinski definition) is 5. The van der Waals surface area contributed by atoms with Gasteiger partial charge in [-0.15, -0.1) is 0 Å². The topological polar surface area (TPSA) is 97.5 Å². The van der Waals surface area contributed by atoms with Gasteiger partial charge in [-0.1, -0.05) is 19.3 Å². The molecule has 0 spiro atoms. The van der Waals surface area contributed by atoms with E-state index in [0.29, 0.717) is 0 Å². The molecule has 0 radical (unpaired) electrons. The Morgan fingerprint density at radius 3 is 2.11 bits per heavy atom. The van der Waals surface area contributed by atoms with Gasteiger partial charge >= 0.3 is 0 Å². The second-order valence-corrected chi connectivity index (χ2v) is 9.44. The minimum atomic E-state index is -3.54. The third kappa shape index (κ3) is 5.76. The predicted octanol–water partition coefficient (Wildman–Crippen LogP) is -0.0458. The van der Waals surface area contributed by atoms with E-state index in [1.807, 2.05) is 0 Å². The average Bonchev–Trinajstić information content (AvgIpc) is 2.34. The largest absolute Gasteiger partial charge is 0.329 e. The molecule has 1 rings (SSSR count). The molecule has 0 bridgehead atoms. The lowest BCUT2D eigenvalue weighted by Gasteiger charge is -2.33. The molecule has 1 aliphatic rings. The SMILES string of the molecule is CS(=O)(=O)CCS(=O)(=O)N(CCN)C1CCCCC1. The quantitative estimate of drug-likeness (QED) is 0.711. The van der Waals surface area contributed by atoms with Gasteiger partial charge in [-0.25, -0.2) is 16.8 Å². The van der Waals surface area contributed by atoms with Crippen molar-refractivity contribution in [3.05, 3.63) is 0 Å². The molecule has 1 fully saturated rings. The number of rotatable bonds is 7. The molecule has 114 valence electrons. The van der Waals surface area contributed by atoms with Gasteiger partial charge in [-0.05, 0) is 12.8 Å². The van der Waals surface area contributed by atoms with Crippen molar-refractivity contribution in [3.8, 4) is 0 Å². The summed E-state index contributed by atoms with van der Waals surface area (Å²) in [4.78, 5) is 0. The van der Waals surface area contributed by atoms with Gasteiger partial charge in [0.25, 0.3) is 0 Å². The highest BCUT2D eigenvalue weighted by atomic mass is 32.2. The van der Waals surface area contributed by atoms with Crippen LogP contribution in [0, 0.1) is 0 Å². The summed E-state index contributed by atoms with van der Waals surface area (Å²) in [5, 5.41) is 0. The summed E-state index contributed by atoms with van der Waals surface area (Å²) in [7, 11) is -6.82. The third-order valence-corrected chi connectivity index (χ3v) is 6.52. The van der Waals surface area contributed by atoms with E-state index in [4.69, 9.17) is 5.73 Å². The van der Waals surface area contributed by atoms with E-state index in [1.165, 1.54) is 4.31 Å². The van der Waals surface area contributed by atoms with Crippen LogP contribution in [0.1, 0.15) is 32.1 Å². The highest BCUT2D eigenvalue weighted by Gasteiger charge is 2.30. The maximum atomic E-state index is 12.3. The highest BCUT2D eigenvalue weighted by molar-refractivity contribution is 7.93. The van der Waals surface area contributed by atoms with Gasteiger partial charge in [0, 0.05) is 25.4 Å². The Bertz CT molecular complexity index is 467. The van der Waals surface area contributed by atoms with Crippen LogP contribution < -0.4 is 5.73 Å². The molecule has 0 saturated heterocycles. The smallest absolute Gasteiger partial charge is 0.215 e. The monoisotopic (exact) mass is 312 g/mol. The lowest BCUT2D eigenvalue weighted by atomic mass is 9.95. The van der Waals surface area contributed by atoms with Crippen molar-refractivity contribution in [1.29, 1.82) is 0 Å². The van der Waals surface area contributed by atoms with Gasteiger partial charge in [0.05, 0.1) is 11.5 Å². The first-order valence-electron chi connectivity index (χ1n) is 6.63. The summed E-state index contributed by atoms with van der Waals surface area (Å²) < 4.78 is 48.2. The van der Waals surface area contributed by atoms with Crippen molar-refractivity contribution in [1.82, 2.24) is 4.31 Å². The molecule has 2 N–H and O–H groups in total. The van der Waals surface area contributed by atoms with Gasteiger partial charge in [-0.3, -0.25) is 0 Å². The average molecular weight is 312 g/mol. The Balaban J connectivity index is 2.78. The molecule has 0 heterocycles. The minimum Gasteiger partial charge on any atom is -0.329 e. The molecule has 1 aliphatic carbocycles. The third-order valence-electron chi connectivity index (χ3n) is 3.40. The van der Waals surface area contributed by atoms with E-state index in [-0.39, 0.29) is 30.6 Å². The second kappa shape index (κ2) is 7.01. The molecule has 8 heteroatoms. The van der Waals surface area contributed by atoms with Crippen molar-refractivity contribution in [2.75, 3.05) is 30.9 Å². The van der Waals surface area contributed by atoms with E-state index in [2.05, 4.69) is 0 Å². The van der Waals surface area contributed by atoms with Crippen LogP contribution >= 0.6 is 0 Å². The normalized spacial score (nSPS) is 18.9. The van der Waals surface area contributed by atoms with E-state index in [1.54, 1.807) is 0 Å². The molecular formula is C11H24N2O4S2. The van der Waals surface area contributed by atoms with Crippen molar-refractivity contribution in [2.45, 2.75) is 38.1 Å². The van der Waals surface area contributed by atoms with Crippen LogP contribution in [0.25, 0.3) is 0 Å². The lowest BCUT2D eigenvalue weighted by Crippen LogP contribution is -2.45. The van der Waals surface area contributed by atoms with E-state index in [0.717, 1.165) is 38.4 Å². The van der Waals surface area contributed by atoms with Crippen molar-refractivity contribution >= 4 is 19.9 Å². The molecule has 0 aromatic rings. The number of sulfonamides is 1. The van der Waals surface area contributed by atoms with Gasteiger partial charge in [0.1, 0.15) is 9.84 Å². The van der Waals surface area contributed by atoms with E-state index < -0.39 is 19.9 Å². The Kier molecular flexibility index (Phi) is 6.22. The van der Waals surface area contributed by atoms with Crippen LogP contribution in [0.5, 0.6) is 0 Å². The van der Waals surface area contributed by atoms with Crippen molar-refractivity contribution in [3.63, 3.8) is 0 Å². The summed E-state index contributed by atoms with van der Waals surface area (Å²) in [5.41, 5.74) is 5.49. The molecule has 0 aromatic heterocycles. The van der Waals surface area contributed by atoms with Crippen LogP contribution in [-0.4, -0.2) is 58.0 Å². The first-order valence-corrected chi connectivity index (χ1v) is 10.3. The zero-order chi connectivity index (χ0) is 14.5. The first-order chi connectivity index (χ1) is 8.76. The molecule has 6 nitrogen and oxygen atoms in total. The summed E-state index contributed by atoms with van der Waals surface area (Å²) in [6.07, 6.45) is 5.92. The number of hydrogen-bond donors (Lipinski definition) is 1. The molecule has 0 amide bonds. The van der Waals surface area contributed by atoms with Crippen LogP contribution in [0.4, 0.5) is 0 Å². The van der Waals surface area contributed by atoms with Crippen LogP contribution in [-0.2, 0) is 19.9 Å². The Hall–Kier alpha value is -0.180. The van der Waals surface area contributed by atoms with Gasteiger partial charge in [0.2, 0.25) is 10.0 Å². The molecule has 0 unspecified atom stereocenters. The summed E-state index contributed by atoms with van der Waals surface area (Å²) in [6.45, 7) is 0.533. The maximum absolute atomic E-state index is 12.3. The molecular weight excluding hydrogens is 288 g/mol. The zero-order valence-corrected chi connectivity index (χ0v) is 13.0. The van der Waals surface area contributed by atoms with E-state index in [9.17, 15) is 16.8 Å². The number of sulfone groups is 1. The minimum absolute atomic E-state index is 0.0122. The fraction of sp³-hybridized carbons (Fsp3) is 1.00. The number of nitrogens with zero attached hydrogens (tertiary/aromatic N) is 1. The number of nitrogens with two attached hydrogens (primary N) is 1. The Morgan fingerprint density at radius 2 is 1.63 bits per heavy atom. The van der Waals surface area contributed by atoms with Crippen LogP contribution in [0.2, 0.25) is 0 Å². The second-order valence-electron chi connectivity index (χ2n) is 5.14. The summed E-state index contributed by atoms with van der Waals surface area (Å²) in [5.74, 6) is -0.675. The fourth-order valence-corrected chi connectivity index (χ4v) is 5.76. The zero-order valence-electron chi connectivity index (χ0n) is 11.4. The highest BCUT2D eigenvalue weighted by Crippen LogP contribution is 2.24. The van der Waals surface area contributed by atoms with Gasteiger partial charge in [-0.2, -0.15) is 4.31 Å². The summed E-state index contributed by atoms with van der Waals surface area (Å²) >= 11 is 0. The Labute approximate surface area is 116 Å². The van der Waals surface area contributed by atoms with Crippen LogP contribution in [0.3, 0.4) is 0 Å². The van der Waals surface area contributed by atoms with Crippen molar-refractivity contribution in [2.24, 2.45) is 5.73 Å². The molecule has 0 aliphatic heterocycles. The van der Waals surface area contributed by atoms with Gasteiger partial charge in [0.15, 0.2) is 0 Å². The standard InChI is InChI=1S/C11H24N2O4S2/c1-18(14,15)9-10-19(16,17)13(8-7-12)11-5-3-2-4-6-11/h11H,2-10,12H2,1H3. The molecule has 1 saturated carbocycles. The van der Waals surface area contributed by atoms with Gasteiger partial charge < -0.3 is 5.73 Å². The van der Waals surface area contributed by atoms with Crippen molar-refractivity contribution < 1.29 is 16.8 Å². The molecule has 19 heavy (non-hydrogen) atoms. The first kappa shape index (κ1) is 16.9. The lowest BCUT2D eigenvalue weighted by molar-refractivity contribution is 0.257. The Morgan fingerprint density at radius 1 is 1.05 bits per heavy atom. The molecule has 0 atom stereocenters. The van der Waals surface area contributed by atoms with E-state index >= 15 is 0 Å².